The van der Waals surface area contributed by atoms with Gasteiger partial charge in [0.2, 0.25) is 0 Å². The molecule has 0 bridgehead atoms. The third-order valence-corrected chi connectivity index (χ3v) is 3.55. The van der Waals surface area contributed by atoms with Crippen molar-refractivity contribution in [3.05, 3.63) is 29.3 Å². The van der Waals surface area contributed by atoms with Crippen LogP contribution in [0.2, 0.25) is 0 Å². The molecule has 2 aliphatic heterocycles. The van der Waals surface area contributed by atoms with Crippen LogP contribution in [0.4, 0.5) is 5.69 Å². The van der Waals surface area contributed by atoms with E-state index in [9.17, 15) is 0 Å². The number of hydrogen-bond donors (Lipinski definition) is 3. The Labute approximate surface area is 96.6 Å². The van der Waals surface area contributed by atoms with Gasteiger partial charge in [-0.25, -0.2) is 0 Å². The van der Waals surface area contributed by atoms with Crippen molar-refractivity contribution in [2.24, 2.45) is 0 Å². The number of fused-ring (bicyclic) bond motifs is 1. The van der Waals surface area contributed by atoms with E-state index in [1.165, 1.54) is 29.7 Å². The highest BCUT2D eigenvalue weighted by Crippen LogP contribution is 2.21. The van der Waals surface area contributed by atoms with Crippen LogP contribution >= 0.6 is 0 Å². The third kappa shape index (κ3) is 2.06. The smallest absolute Gasteiger partial charge is 0.0345 e. The lowest BCUT2D eigenvalue weighted by Crippen LogP contribution is -2.35. The van der Waals surface area contributed by atoms with Gasteiger partial charge < -0.3 is 16.0 Å². The Hall–Kier alpha value is -1.06. The molecule has 2 heterocycles. The lowest BCUT2D eigenvalue weighted by atomic mass is 10.1. The normalized spacial score (nSPS) is 20.8. The van der Waals surface area contributed by atoms with Crippen molar-refractivity contribution in [1.82, 2.24) is 10.6 Å². The summed E-state index contributed by atoms with van der Waals surface area (Å²) in [6, 6.07) is 7.41. The standard InChI is InChI=1S/C13H19N3/c1-2-13(7-11-9-15-8-10(1)11)16-12-3-5-14-6-4-12/h1-2,7,12,14-16H,3-6,8-9H2. The third-order valence-electron chi connectivity index (χ3n) is 3.55. The Morgan fingerprint density at radius 1 is 1.00 bits per heavy atom. The largest absolute Gasteiger partial charge is 0.382 e. The Bertz CT molecular complexity index is 369. The summed E-state index contributed by atoms with van der Waals surface area (Å²) in [5, 5.41) is 10.4. The highest BCUT2D eigenvalue weighted by atomic mass is 15.0. The lowest BCUT2D eigenvalue weighted by Gasteiger charge is -2.24. The van der Waals surface area contributed by atoms with Gasteiger partial charge in [-0.2, -0.15) is 0 Å². The van der Waals surface area contributed by atoms with Crippen LogP contribution in [0.1, 0.15) is 24.0 Å². The van der Waals surface area contributed by atoms with Crippen molar-refractivity contribution in [2.45, 2.75) is 32.0 Å². The van der Waals surface area contributed by atoms with Gasteiger partial charge in [0.1, 0.15) is 0 Å². The molecule has 0 unspecified atom stereocenters. The molecule has 1 fully saturated rings. The first-order valence-electron chi connectivity index (χ1n) is 6.21. The molecule has 2 aliphatic rings. The first-order chi connectivity index (χ1) is 7.92. The highest BCUT2D eigenvalue weighted by Gasteiger charge is 2.14. The summed E-state index contributed by atoms with van der Waals surface area (Å²) < 4.78 is 0. The Balaban J connectivity index is 1.69. The minimum atomic E-state index is 0.647. The maximum Gasteiger partial charge on any atom is 0.0345 e. The molecule has 0 aliphatic carbocycles. The van der Waals surface area contributed by atoms with Gasteiger partial charge in [-0.15, -0.1) is 0 Å². The van der Waals surface area contributed by atoms with Crippen LogP contribution < -0.4 is 16.0 Å². The zero-order chi connectivity index (χ0) is 10.8. The fourth-order valence-electron chi connectivity index (χ4n) is 2.59. The van der Waals surface area contributed by atoms with Crippen LogP contribution in [0.15, 0.2) is 18.2 Å². The minimum absolute atomic E-state index is 0.647. The first-order valence-corrected chi connectivity index (χ1v) is 6.21. The number of rotatable bonds is 2. The molecule has 86 valence electrons. The summed E-state index contributed by atoms with van der Waals surface area (Å²) in [6.07, 6.45) is 2.46. The predicted molar refractivity (Wildman–Crippen MR) is 66.5 cm³/mol. The minimum Gasteiger partial charge on any atom is -0.382 e. The number of nitrogens with one attached hydrogen (secondary N) is 3. The van der Waals surface area contributed by atoms with E-state index >= 15 is 0 Å². The van der Waals surface area contributed by atoms with Gasteiger partial charge in [0, 0.05) is 24.8 Å². The summed E-state index contributed by atoms with van der Waals surface area (Å²) in [5.74, 6) is 0. The SMILES string of the molecule is c1cc2c(cc1NC1CCNCC1)CNC2. The van der Waals surface area contributed by atoms with E-state index in [1.807, 2.05) is 0 Å². The molecular formula is C13H19N3. The second-order valence-corrected chi connectivity index (χ2v) is 4.76. The average molecular weight is 217 g/mol. The Morgan fingerprint density at radius 2 is 1.81 bits per heavy atom. The zero-order valence-corrected chi connectivity index (χ0v) is 9.55. The fraction of sp³-hybridized carbons (Fsp3) is 0.538. The Morgan fingerprint density at radius 3 is 2.69 bits per heavy atom. The van der Waals surface area contributed by atoms with Crippen LogP contribution in [0.5, 0.6) is 0 Å². The summed E-state index contributed by atoms with van der Waals surface area (Å²) in [7, 11) is 0. The molecule has 0 saturated carbocycles. The van der Waals surface area contributed by atoms with Gasteiger partial charge in [0.05, 0.1) is 0 Å². The molecular weight excluding hydrogens is 198 g/mol. The second kappa shape index (κ2) is 4.44. The average Bonchev–Trinajstić information content (AvgIpc) is 2.77. The second-order valence-electron chi connectivity index (χ2n) is 4.76. The van der Waals surface area contributed by atoms with Crippen LogP contribution in [0, 0.1) is 0 Å². The molecule has 0 amide bonds. The van der Waals surface area contributed by atoms with Gasteiger partial charge >= 0.3 is 0 Å². The quantitative estimate of drug-likeness (QED) is 0.702. The van der Waals surface area contributed by atoms with Crippen molar-refractivity contribution in [3.63, 3.8) is 0 Å². The fourth-order valence-corrected chi connectivity index (χ4v) is 2.59. The molecule has 1 saturated heterocycles. The summed E-state index contributed by atoms with van der Waals surface area (Å²) in [4.78, 5) is 0. The van der Waals surface area contributed by atoms with Gasteiger partial charge in [-0.3, -0.25) is 0 Å². The van der Waals surface area contributed by atoms with E-state index in [-0.39, 0.29) is 0 Å². The van der Waals surface area contributed by atoms with Gasteiger partial charge in [-0.05, 0) is 49.2 Å². The summed E-state index contributed by atoms with van der Waals surface area (Å²) in [5.41, 5.74) is 4.20. The van der Waals surface area contributed by atoms with Crippen molar-refractivity contribution >= 4 is 5.69 Å². The monoisotopic (exact) mass is 217 g/mol. The maximum atomic E-state index is 3.64. The summed E-state index contributed by atoms with van der Waals surface area (Å²) >= 11 is 0. The number of anilines is 1. The van der Waals surface area contributed by atoms with Crippen molar-refractivity contribution in [1.29, 1.82) is 0 Å². The molecule has 16 heavy (non-hydrogen) atoms. The zero-order valence-electron chi connectivity index (χ0n) is 9.55. The molecule has 3 N–H and O–H groups in total. The van der Waals surface area contributed by atoms with Crippen LogP contribution in [-0.4, -0.2) is 19.1 Å². The van der Waals surface area contributed by atoms with E-state index in [4.69, 9.17) is 0 Å². The van der Waals surface area contributed by atoms with Crippen molar-refractivity contribution < 1.29 is 0 Å². The van der Waals surface area contributed by atoms with E-state index < -0.39 is 0 Å². The molecule has 1 aromatic rings. The molecule has 3 heteroatoms. The van der Waals surface area contributed by atoms with Gasteiger partial charge in [-0.1, -0.05) is 6.07 Å². The van der Waals surface area contributed by atoms with Gasteiger partial charge in [0.15, 0.2) is 0 Å². The van der Waals surface area contributed by atoms with Crippen molar-refractivity contribution in [3.8, 4) is 0 Å². The highest BCUT2D eigenvalue weighted by molar-refractivity contribution is 5.50. The number of hydrogen-bond acceptors (Lipinski definition) is 3. The maximum absolute atomic E-state index is 3.64. The number of piperidine rings is 1. The molecule has 0 atom stereocenters. The van der Waals surface area contributed by atoms with Crippen LogP contribution in [0.25, 0.3) is 0 Å². The number of benzene rings is 1. The van der Waals surface area contributed by atoms with Crippen LogP contribution in [0.3, 0.4) is 0 Å². The lowest BCUT2D eigenvalue weighted by molar-refractivity contribution is 0.479. The molecule has 1 aromatic carbocycles. The first kappa shape index (κ1) is 10.1. The molecule has 3 rings (SSSR count). The van der Waals surface area contributed by atoms with E-state index in [2.05, 4.69) is 34.1 Å². The van der Waals surface area contributed by atoms with E-state index in [0.717, 1.165) is 26.2 Å². The van der Waals surface area contributed by atoms with E-state index in [1.54, 1.807) is 0 Å². The topological polar surface area (TPSA) is 36.1 Å². The molecule has 0 radical (unpaired) electrons. The van der Waals surface area contributed by atoms with Crippen molar-refractivity contribution in [2.75, 3.05) is 18.4 Å². The molecule has 3 nitrogen and oxygen atoms in total. The van der Waals surface area contributed by atoms with Crippen LogP contribution in [-0.2, 0) is 13.1 Å². The summed E-state index contributed by atoms with van der Waals surface area (Å²) in [6.45, 7) is 4.34. The molecule has 0 aromatic heterocycles. The van der Waals surface area contributed by atoms with Gasteiger partial charge in [0.25, 0.3) is 0 Å². The predicted octanol–water partition coefficient (Wildman–Crippen LogP) is 1.45. The van der Waals surface area contributed by atoms with E-state index in [0.29, 0.717) is 6.04 Å². The molecule has 0 spiro atoms. The Kier molecular flexibility index (Phi) is 2.80.